The predicted octanol–water partition coefficient (Wildman–Crippen LogP) is 3.16. The number of likely N-dealkylation sites (tertiary alicyclic amines) is 1. The molecular formula is C21H19ClN4O4. The Labute approximate surface area is 176 Å². The number of benzene rings is 1. The van der Waals surface area contributed by atoms with E-state index >= 15 is 0 Å². The second kappa shape index (κ2) is 6.70. The van der Waals surface area contributed by atoms with Gasteiger partial charge in [-0.05, 0) is 30.5 Å². The highest BCUT2D eigenvalue weighted by molar-refractivity contribution is 6.31. The zero-order valence-electron chi connectivity index (χ0n) is 16.2. The van der Waals surface area contributed by atoms with E-state index in [9.17, 15) is 19.7 Å². The average molecular weight is 427 g/mol. The van der Waals surface area contributed by atoms with E-state index in [2.05, 4.69) is 0 Å². The molecule has 0 radical (unpaired) electrons. The summed E-state index contributed by atoms with van der Waals surface area (Å²) >= 11 is 6.11. The monoisotopic (exact) mass is 426 g/mol. The van der Waals surface area contributed by atoms with E-state index in [0.717, 1.165) is 23.0 Å². The molecule has 0 saturated carbocycles. The Bertz CT molecular complexity index is 1280. The Morgan fingerprint density at radius 2 is 2.00 bits per heavy atom. The van der Waals surface area contributed by atoms with Crippen LogP contribution in [-0.4, -0.2) is 38.0 Å². The third-order valence-corrected chi connectivity index (χ3v) is 6.49. The number of fused-ring (bicyclic) bond motifs is 5. The van der Waals surface area contributed by atoms with Gasteiger partial charge in [-0.1, -0.05) is 17.7 Å². The molecule has 0 N–H and O–H groups in total. The summed E-state index contributed by atoms with van der Waals surface area (Å²) in [6.07, 6.45) is 2.70. The van der Waals surface area contributed by atoms with Crippen LogP contribution >= 0.6 is 11.6 Å². The second-order valence-corrected chi connectivity index (χ2v) is 8.58. The molecule has 1 amide bonds. The average Bonchev–Trinajstić information content (AvgIpc) is 3.03. The van der Waals surface area contributed by atoms with Crippen LogP contribution in [0.1, 0.15) is 28.4 Å². The number of rotatable bonds is 2. The molecule has 1 saturated heterocycles. The van der Waals surface area contributed by atoms with Crippen molar-refractivity contribution in [1.29, 1.82) is 0 Å². The first-order valence-electron chi connectivity index (χ1n) is 9.75. The van der Waals surface area contributed by atoms with E-state index in [-0.39, 0.29) is 17.7 Å². The van der Waals surface area contributed by atoms with E-state index in [4.69, 9.17) is 11.6 Å². The van der Waals surface area contributed by atoms with Gasteiger partial charge in [-0.15, -0.1) is 0 Å². The highest BCUT2D eigenvalue weighted by Crippen LogP contribution is 2.36. The lowest BCUT2D eigenvalue weighted by Crippen LogP contribution is -2.49. The molecule has 1 aromatic carbocycles. The van der Waals surface area contributed by atoms with Crippen LogP contribution in [0.25, 0.3) is 10.9 Å². The smallest absolute Gasteiger partial charge is 0.334 e. The van der Waals surface area contributed by atoms with Crippen molar-refractivity contribution in [2.24, 2.45) is 13.0 Å². The number of nitrogens with zero attached hydrogens (tertiary/aromatic N) is 4. The zero-order chi connectivity index (χ0) is 21.2. The number of aryl methyl sites for hydroxylation is 1. The molecule has 0 spiro atoms. The molecule has 9 heteroatoms. The van der Waals surface area contributed by atoms with Gasteiger partial charge in [0, 0.05) is 61.0 Å². The van der Waals surface area contributed by atoms with Crippen LogP contribution in [0.5, 0.6) is 0 Å². The fourth-order valence-electron chi connectivity index (χ4n) is 4.94. The molecule has 8 nitrogen and oxygen atoms in total. The first-order valence-corrected chi connectivity index (χ1v) is 10.1. The molecule has 2 aromatic heterocycles. The van der Waals surface area contributed by atoms with Crippen LogP contribution in [0, 0.1) is 16.0 Å². The van der Waals surface area contributed by atoms with Gasteiger partial charge in [-0.2, -0.15) is 0 Å². The predicted molar refractivity (Wildman–Crippen MR) is 112 cm³/mol. The lowest BCUT2D eigenvalue weighted by atomic mass is 9.83. The topological polar surface area (TPSA) is 90.4 Å². The summed E-state index contributed by atoms with van der Waals surface area (Å²) in [6.45, 7) is 1.39. The summed E-state index contributed by atoms with van der Waals surface area (Å²) < 4.78 is 3.42. The van der Waals surface area contributed by atoms with Gasteiger partial charge in [-0.3, -0.25) is 19.7 Å². The van der Waals surface area contributed by atoms with Crippen molar-refractivity contribution in [3.63, 3.8) is 0 Å². The SMILES string of the molecule is Cn1cc(C(=O)N2C[C@H]3C[C@@H](C2)c2ccc([N+](=O)[O-])c(=O)n2C3)c2ccc(Cl)cc21. The van der Waals surface area contributed by atoms with Crippen molar-refractivity contribution in [1.82, 2.24) is 14.0 Å². The van der Waals surface area contributed by atoms with Gasteiger partial charge in [-0.25, -0.2) is 0 Å². The summed E-state index contributed by atoms with van der Waals surface area (Å²) in [6, 6.07) is 8.43. The zero-order valence-corrected chi connectivity index (χ0v) is 17.0. The first kappa shape index (κ1) is 18.9. The molecular weight excluding hydrogens is 408 g/mol. The van der Waals surface area contributed by atoms with Gasteiger partial charge < -0.3 is 14.0 Å². The maximum Gasteiger partial charge on any atom is 0.334 e. The van der Waals surface area contributed by atoms with Gasteiger partial charge in [0.25, 0.3) is 5.91 Å². The van der Waals surface area contributed by atoms with Crippen LogP contribution in [0.15, 0.2) is 41.3 Å². The number of pyridine rings is 1. The van der Waals surface area contributed by atoms with Gasteiger partial charge in [0.1, 0.15) is 0 Å². The Hall–Kier alpha value is -3.13. The summed E-state index contributed by atoms with van der Waals surface area (Å²) in [7, 11) is 1.88. The minimum atomic E-state index is -0.636. The van der Waals surface area contributed by atoms with Crippen molar-refractivity contribution in [2.45, 2.75) is 18.9 Å². The molecule has 2 aliphatic heterocycles. The van der Waals surface area contributed by atoms with E-state index < -0.39 is 16.2 Å². The summed E-state index contributed by atoms with van der Waals surface area (Å²) in [4.78, 5) is 38.2. The highest BCUT2D eigenvalue weighted by atomic mass is 35.5. The van der Waals surface area contributed by atoms with E-state index in [0.29, 0.717) is 30.2 Å². The molecule has 2 atom stereocenters. The van der Waals surface area contributed by atoms with Crippen LogP contribution in [0.2, 0.25) is 5.02 Å². The summed E-state index contributed by atoms with van der Waals surface area (Å²) in [5.74, 6) is 0.0269. The van der Waals surface area contributed by atoms with Gasteiger partial charge >= 0.3 is 11.2 Å². The van der Waals surface area contributed by atoms with E-state index in [1.807, 2.05) is 34.8 Å². The number of hydrogen-bond donors (Lipinski definition) is 0. The highest BCUT2D eigenvalue weighted by Gasteiger charge is 2.38. The molecule has 1 fully saturated rings. The Balaban J connectivity index is 1.49. The molecule has 30 heavy (non-hydrogen) atoms. The Morgan fingerprint density at radius 3 is 2.77 bits per heavy atom. The third-order valence-electron chi connectivity index (χ3n) is 6.25. The fourth-order valence-corrected chi connectivity index (χ4v) is 5.10. The Kier molecular flexibility index (Phi) is 4.21. The number of halogens is 1. The van der Waals surface area contributed by atoms with E-state index in [1.165, 1.54) is 10.6 Å². The van der Waals surface area contributed by atoms with Crippen molar-refractivity contribution in [3.8, 4) is 0 Å². The molecule has 0 aliphatic carbocycles. The number of aromatic nitrogens is 2. The number of nitro groups is 1. The molecule has 4 heterocycles. The molecule has 2 aliphatic rings. The van der Waals surface area contributed by atoms with Crippen molar-refractivity contribution >= 4 is 34.1 Å². The number of piperidine rings is 1. The lowest BCUT2D eigenvalue weighted by Gasteiger charge is -2.42. The number of carbonyl (C=O) groups excluding carboxylic acids is 1. The molecule has 3 aromatic rings. The molecule has 2 bridgehead atoms. The molecule has 154 valence electrons. The largest absolute Gasteiger partial charge is 0.350 e. The number of carbonyl (C=O) groups is 1. The van der Waals surface area contributed by atoms with Crippen molar-refractivity contribution < 1.29 is 9.72 Å². The van der Waals surface area contributed by atoms with E-state index in [1.54, 1.807) is 12.1 Å². The molecule has 5 rings (SSSR count). The minimum absolute atomic E-state index is 0.0145. The summed E-state index contributed by atoms with van der Waals surface area (Å²) in [5.41, 5.74) is 1.33. The van der Waals surface area contributed by atoms with Crippen LogP contribution < -0.4 is 5.56 Å². The van der Waals surface area contributed by atoms with Gasteiger partial charge in [0.05, 0.1) is 16.0 Å². The standard InChI is InChI=1S/C21H19ClN4O4/c1-23-11-16(15-3-2-14(22)7-19(15)23)20(27)24-8-12-6-13(10-24)17-4-5-18(26(29)30)21(28)25(17)9-12/h2-5,7,11-13H,6,8-10H2,1H3/t12-,13+/m1/s1. The maximum absolute atomic E-state index is 13.4. The minimum Gasteiger partial charge on any atom is -0.350 e. The normalized spacial score (nSPS) is 20.3. The third kappa shape index (κ3) is 2.82. The number of hydrogen-bond acceptors (Lipinski definition) is 4. The second-order valence-electron chi connectivity index (χ2n) is 8.14. The first-order chi connectivity index (χ1) is 14.3. The van der Waals surface area contributed by atoms with Gasteiger partial charge in [0.2, 0.25) is 0 Å². The van der Waals surface area contributed by atoms with Crippen LogP contribution in [0.3, 0.4) is 0 Å². The summed E-state index contributed by atoms with van der Waals surface area (Å²) in [5, 5.41) is 12.6. The Morgan fingerprint density at radius 1 is 1.20 bits per heavy atom. The number of amides is 1. The van der Waals surface area contributed by atoms with Crippen LogP contribution in [-0.2, 0) is 13.6 Å². The van der Waals surface area contributed by atoms with Crippen LogP contribution in [0.4, 0.5) is 5.69 Å². The fraction of sp³-hybridized carbons (Fsp3) is 0.333. The quantitative estimate of drug-likeness (QED) is 0.465. The van der Waals surface area contributed by atoms with Crippen molar-refractivity contribution in [3.05, 3.63) is 73.3 Å². The lowest BCUT2D eigenvalue weighted by molar-refractivity contribution is -0.386. The molecule has 0 unspecified atom stereocenters. The maximum atomic E-state index is 13.4. The van der Waals surface area contributed by atoms with Gasteiger partial charge in [0.15, 0.2) is 0 Å². The van der Waals surface area contributed by atoms with Crippen molar-refractivity contribution in [2.75, 3.05) is 13.1 Å².